The summed E-state index contributed by atoms with van der Waals surface area (Å²) in [5.74, 6) is 0.973. The van der Waals surface area contributed by atoms with Crippen LogP contribution in [0, 0.1) is 11.3 Å². The Morgan fingerprint density at radius 1 is 1.40 bits per heavy atom. The summed E-state index contributed by atoms with van der Waals surface area (Å²) in [7, 11) is 0. The fourth-order valence-electron chi connectivity index (χ4n) is 2.33. The summed E-state index contributed by atoms with van der Waals surface area (Å²) < 4.78 is 0. The van der Waals surface area contributed by atoms with Gasteiger partial charge in [0.2, 0.25) is 0 Å². The van der Waals surface area contributed by atoms with E-state index in [0.29, 0.717) is 0 Å². The first-order chi connectivity index (χ1) is 4.63. The van der Waals surface area contributed by atoms with Gasteiger partial charge >= 0.3 is 0 Å². The summed E-state index contributed by atoms with van der Waals surface area (Å²) in [4.78, 5) is 0. The molecule has 0 heterocycles. The van der Waals surface area contributed by atoms with Gasteiger partial charge in [0.15, 0.2) is 0 Å². The molecule has 1 saturated carbocycles. The zero-order valence-electron chi connectivity index (χ0n) is 7.20. The lowest BCUT2D eigenvalue weighted by Crippen LogP contribution is -2.06. The van der Waals surface area contributed by atoms with Crippen LogP contribution in [0.4, 0.5) is 0 Å². The largest absolute Gasteiger partial charge is 0.0741 e. The van der Waals surface area contributed by atoms with Crippen molar-refractivity contribution in [2.24, 2.45) is 11.3 Å². The van der Waals surface area contributed by atoms with Gasteiger partial charge < -0.3 is 0 Å². The summed E-state index contributed by atoms with van der Waals surface area (Å²) in [6, 6.07) is 0. The molecular weight excluding hydrogens is 120 g/mol. The van der Waals surface area contributed by atoms with E-state index in [-0.39, 0.29) is 0 Å². The number of rotatable bonds is 0. The maximum absolute atomic E-state index is 2.44. The molecule has 0 saturated heterocycles. The molecule has 10 heavy (non-hydrogen) atoms. The lowest BCUT2D eigenvalue weighted by atomic mass is 9.86. The summed E-state index contributed by atoms with van der Waals surface area (Å²) in [5.41, 5.74) is 4.11. The van der Waals surface area contributed by atoms with Crippen LogP contribution >= 0.6 is 0 Å². The van der Waals surface area contributed by atoms with Crippen LogP contribution in [0.5, 0.6) is 0 Å². The fourth-order valence-corrected chi connectivity index (χ4v) is 2.33. The average molecular weight is 136 g/mol. The molecular formula is C10H16. The molecule has 0 aromatic carbocycles. The standard InChI is InChI=1S/C10H16/c1-7-4-5-10(3)6-9(10)8(7)2/h9H,4-6H2,1-3H3. The van der Waals surface area contributed by atoms with E-state index in [4.69, 9.17) is 0 Å². The van der Waals surface area contributed by atoms with Gasteiger partial charge in [-0.1, -0.05) is 18.1 Å². The van der Waals surface area contributed by atoms with E-state index >= 15 is 0 Å². The molecule has 2 aliphatic rings. The highest BCUT2D eigenvalue weighted by Crippen LogP contribution is 2.62. The Hall–Kier alpha value is -0.260. The molecule has 2 unspecified atom stereocenters. The van der Waals surface area contributed by atoms with Gasteiger partial charge in [0, 0.05) is 0 Å². The molecule has 0 bridgehead atoms. The Kier molecular flexibility index (Phi) is 1.07. The van der Waals surface area contributed by atoms with Gasteiger partial charge in [-0.3, -0.25) is 0 Å². The van der Waals surface area contributed by atoms with Crippen LogP contribution in [0.1, 0.15) is 40.0 Å². The van der Waals surface area contributed by atoms with Gasteiger partial charge in [-0.25, -0.2) is 0 Å². The van der Waals surface area contributed by atoms with E-state index in [9.17, 15) is 0 Å². The highest BCUT2D eigenvalue weighted by Gasteiger charge is 2.52. The SMILES string of the molecule is CC1=C(C)C2CC2(C)CC1. The lowest BCUT2D eigenvalue weighted by Gasteiger charge is -2.19. The van der Waals surface area contributed by atoms with Crippen molar-refractivity contribution in [3.8, 4) is 0 Å². The summed E-state index contributed by atoms with van der Waals surface area (Å²) in [5, 5.41) is 0. The van der Waals surface area contributed by atoms with Crippen molar-refractivity contribution in [3.63, 3.8) is 0 Å². The van der Waals surface area contributed by atoms with Crippen LogP contribution in [0.15, 0.2) is 11.1 Å². The van der Waals surface area contributed by atoms with Crippen molar-refractivity contribution in [3.05, 3.63) is 11.1 Å². The number of hydrogen-bond acceptors (Lipinski definition) is 0. The molecule has 0 aromatic heterocycles. The van der Waals surface area contributed by atoms with E-state index < -0.39 is 0 Å². The van der Waals surface area contributed by atoms with E-state index in [1.165, 1.54) is 19.3 Å². The Balaban J connectivity index is 2.29. The Labute approximate surface area is 63.3 Å². The monoisotopic (exact) mass is 136 g/mol. The van der Waals surface area contributed by atoms with Gasteiger partial charge in [-0.15, -0.1) is 0 Å². The van der Waals surface area contributed by atoms with Crippen molar-refractivity contribution in [2.75, 3.05) is 0 Å². The zero-order valence-corrected chi connectivity index (χ0v) is 7.20. The van der Waals surface area contributed by atoms with Crippen LogP contribution in [0.2, 0.25) is 0 Å². The topological polar surface area (TPSA) is 0 Å². The predicted octanol–water partition coefficient (Wildman–Crippen LogP) is 3.14. The normalized spacial score (nSPS) is 45.3. The third-order valence-corrected chi connectivity index (χ3v) is 3.62. The van der Waals surface area contributed by atoms with Crippen LogP contribution in [-0.4, -0.2) is 0 Å². The maximum Gasteiger partial charge on any atom is -0.0144 e. The molecule has 2 rings (SSSR count). The highest BCUT2D eigenvalue weighted by atomic mass is 14.6. The molecule has 56 valence electrons. The van der Waals surface area contributed by atoms with Crippen molar-refractivity contribution < 1.29 is 0 Å². The Morgan fingerprint density at radius 3 is 2.70 bits per heavy atom. The molecule has 0 heteroatoms. The summed E-state index contributed by atoms with van der Waals surface area (Å²) >= 11 is 0. The van der Waals surface area contributed by atoms with Gasteiger partial charge in [0.1, 0.15) is 0 Å². The lowest BCUT2D eigenvalue weighted by molar-refractivity contribution is 0.458. The first-order valence-electron chi connectivity index (χ1n) is 4.30. The molecule has 0 spiro atoms. The molecule has 0 radical (unpaired) electrons. The minimum absolute atomic E-state index is 0.740. The second kappa shape index (κ2) is 1.66. The molecule has 2 aliphatic carbocycles. The van der Waals surface area contributed by atoms with E-state index in [2.05, 4.69) is 20.8 Å². The molecule has 0 aromatic rings. The Morgan fingerprint density at radius 2 is 2.10 bits per heavy atom. The molecule has 2 atom stereocenters. The molecule has 0 aliphatic heterocycles. The zero-order chi connectivity index (χ0) is 7.35. The van der Waals surface area contributed by atoms with Gasteiger partial charge in [-0.05, 0) is 44.4 Å². The van der Waals surface area contributed by atoms with Crippen LogP contribution < -0.4 is 0 Å². The van der Waals surface area contributed by atoms with Crippen molar-refractivity contribution >= 4 is 0 Å². The Bertz CT molecular complexity index is 200. The molecule has 0 nitrogen and oxygen atoms in total. The minimum Gasteiger partial charge on any atom is -0.0741 e. The van der Waals surface area contributed by atoms with Gasteiger partial charge in [-0.2, -0.15) is 0 Å². The quantitative estimate of drug-likeness (QED) is 0.449. The van der Waals surface area contributed by atoms with Gasteiger partial charge in [0.05, 0.1) is 0 Å². The van der Waals surface area contributed by atoms with Crippen molar-refractivity contribution in [2.45, 2.75) is 40.0 Å². The van der Waals surface area contributed by atoms with Crippen LogP contribution in [0.3, 0.4) is 0 Å². The van der Waals surface area contributed by atoms with E-state index in [1.807, 2.05) is 0 Å². The fraction of sp³-hybridized carbons (Fsp3) is 0.800. The number of fused-ring (bicyclic) bond motifs is 1. The van der Waals surface area contributed by atoms with Crippen LogP contribution in [0.25, 0.3) is 0 Å². The van der Waals surface area contributed by atoms with Crippen molar-refractivity contribution in [1.29, 1.82) is 0 Å². The average Bonchev–Trinajstić information content (AvgIpc) is 2.56. The molecule has 0 N–H and O–H groups in total. The van der Waals surface area contributed by atoms with Gasteiger partial charge in [0.25, 0.3) is 0 Å². The maximum atomic E-state index is 2.44. The van der Waals surface area contributed by atoms with Crippen molar-refractivity contribution in [1.82, 2.24) is 0 Å². The number of hydrogen-bond donors (Lipinski definition) is 0. The second-order valence-electron chi connectivity index (χ2n) is 4.37. The first kappa shape index (κ1) is 6.45. The third kappa shape index (κ3) is 0.680. The van der Waals surface area contributed by atoms with E-state index in [1.54, 1.807) is 11.1 Å². The minimum atomic E-state index is 0.740. The molecule has 1 fully saturated rings. The molecule has 0 amide bonds. The predicted molar refractivity (Wildman–Crippen MR) is 43.8 cm³/mol. The first-order valence-corrected chi connectivity index (χ1v) is 4.30. The third-order valence-electron chi connectivity index (χ3n) is 3.62. The number of allylic oxidation sites excluding steroid dienone is 2. The highest BCUT2D eigenvalue weighted by molar-refractivity contribution is 5.27. The van der Waals surface area contributed by atoms with E-state index in [0.717, 1.165) is 11.3 Å². The van der Waals surface area contributed by atoms with Crippen LogP contribution in [-0.2, 0) is 0 Å². The summed E-state index contributed by atoms with van der Waals surface area (Å²) in [6.07, 6.45) is 4.27. The summed E-state index contributed by atoms with van der Waals surface area (Å²) in [6.45, 7) is 7.06. The second-order valence-corrected chi connectivity index (χ2v) is 4.37. The smallest absolute Gasteiger partial charge is 0.0144 e.